The highest BCUT2D eigenvalue weighted by Gasteiger charge is 2.13. The van der Waals surface area contributed by atoms with Gasteiger partial charge in [0.1, 0.15) is 0 Å². The second-order valence-electron chi connectivity index (χ2n) is 3.14. The van der Waals surface area contributed by atoms with Crippen LogP contribution in [0.2, 0.25) is 0 Å². The van der Waals surface area contributed by atoms with Crippen molar-refractivity contribution in [3.8, 4) is 0 Å². The van der Waals surface area contributed by atoms with Gasteiger partial charge in [0.05, 0.1) is 17.7 Å². The highest BCUT2D eigenvalue weighted by molar-refractivity contribution is 9.10. The van der Waals surface area contributed by atoms with E-state index in [-0.39, 0.29) is 5.56 Å². The Labute approximate surface area is 101 Å². The first kappa shape index (κ1) is 12.7. The Balaban J connectivity index is 2.90. The molecule has 1 rings (SSSR count). The van der Waals surface area contributed by atoms with Crippen LogP contribution in [0.3, 0.4) is 0 Å². The maximum Gasteiger partial charge on any atom is 0.339 e. The van der Waals surface area contributed by atoms with Crippen molar-refractivity contribution >= 4 is 27.9 Å². The van der Waals surface area contributed by atoms with E-state index in [2.05, 4.69) is 15.9 Å². The number of rotatable bonds is 4. The summed E-state index contributed by atoms with van der Waals surface area (Å²) in [5.41, 5.74) is 0.456. The van der Waals surface area contributed by atoms with E-state index in [9.17, 15) is 9.59 Å². The van der Waals surface area contributed by atoms with Crippen molar-refractivity contribution in [3.63, 3.8) is 0 Å². The van der Waals surface area contributed by atoms with Crippen molar-refractivity contribution in [2.75, 3.05) is 6.61 Å². The molecule has 5 heteroatoms. The molecule has 1 aromatic carbocycles. The van der Waals surface area contributed by atoms with Crippen LogP contribution in [0.4, 0.5) is 0 Å². The fraction of sp³-hybridized carbons (Fsp3) is 0.273. The minimum absolute atomic E-state index is 0.124. The van der Waals surface area contributed by atoms with Gasteiger partial charge >= 0.3 is 11.9 Å². The molecule has 1 N–H and O–H groups in total. The Morgan fingerprint density at radius 1 is 1.44 bits per heavy atom. The standard InChI is InChI=1S/C11H11BrO4/c1-2-5-16-11(15)8-4-3-7(10(13)14)6-9(8)12/h3-4,6H,2,5H2,1H3,(H,13,14). The van der Waals surface area contributed by atoms with E-state index in [0.717, 1.165) is 6.42 Å². The van der Waals surface area contributed by atoms with Crippen LogP contribution in [-0.2, 0) is 4.74 Å². The summed E-state index contributed by atoms with van der Waals surface area (Å²) in [7, 11) is 0. The Bertz CT molecular complexity index is 414. The number of hydrogen-bond acceptors (Lipinski definition) is 3. The van der Waals surface area contributed by atoms with Crippen LogP contribution < -0.4 is 0 Å². The second-order valence-corrected chi connectivity index (χ2v) is 3.99. The highest BCUT2D eigenvalue weighted by Crippen LogP contribution is 2.19. The van der Waals surface area contributed by atoms with Crippen LogP contribution in [0.25, 0.3) is 0 Å². The van der Waals surface area contributed by atoms with Gasteiger partial charge in [0.25, 0.3) is 0 Å². The number of carboxylic acids is 1. The maximum atomic E-state index is 11.5. The molecule has 0 aliphatic heterocycles. The van der Waals surface area contributed by atoms with E-state index in [1.165, 1.54) is 18.2 Å². The molecule has 0 atom stereocenters. The largest absolute Gasteiger partial charge is 0.478 e. The summed E-state index contributed by atoms with van der Waals surface area (Å²) in [6.45, 7) is 2.25. The summed E-state index contributed by atoms with van der Waals surface area (Å²) < 4.78 is 5.37. The monoisotopic (exact) mass is 286 g/mol. The molecule has 0 unspecified atom stereocenters. The minimum Gasteiger partial charge on any atom is -0.478 e. The van der Waals surface area contributed by atoms with Crippen LogP contribution in [0.1, 0.15) is 34.1 Å². The normalized spacial score (nSPS) is 9.88. The van der Waals surface area contributed by atoms with Crippen LogP contribution >= 0.6 is 15.9 Å². The second kappa shape index (κ2) is 5.65. The summed E-state index contributed by atoms with van der Waals surface area (Å²) in [4.78, 5) is 22.2. The predicted octanol–water partition coefficient (Wildman–Crippen LogP) is 2.71. The van der Waals surface area contributed by atoms with Crippen LogP contribution in [0, 0.1) is 0 Å². The fourth-order valence-electron chi connectivity index (χ4n) is 1.09. The molecule has 1 aromatic rings. The first-order chi connectivity index (χ1) is 7.56. The SMILES string of the molecule is CCCOC(=O)c1ccc(C(=O)O)cc1Br. The molecular formula is C11H11BrO4. The number of ether oxygens (including phenoxy) is 1. The number of carbonyl (C=O) groups excluding carboxylic acids is 1. The molecule has 16 heavy (non-hydrogen) atoms. The first-order valence-corrected chi connectivity index (χ1v) is 5.55. The molecule has 0 saturated carbocycles. The van der Waals surface area contributed by atoms with Gasteiger partial charge in [-0.1, -0.05) is 6.92 Å². The first-order valence-electron chi connectivity index (χ1n) is 4.76. The third kappa shape index (κ3) is 3.06. The van der Waals surface area contributed by atoms with E-state index in [1.807, 2.05) is 6.92 Å². The molecule has 0 amide bonds. The third-order valence-corrected chi connectivity index (χ3v) is 2.53. The van der Waals surface area contributed by atoms with Gasteiger partial charge in [-0.2, -0.15) is 0 Å². The summed E-state index contributed by atoms with van der Waals surface area (Å²) in [5, 5.41) is 8.74. The molecule has 4 nitrogen and oxygen atoms in total. The lowest BCUT2D eigenvalue weighted by atomic mass is 10.1. The van der Waals surface area contributed by atoms with Crippen molar-refractivity contribution in [2.24, 2.45) is 0 Å². The van der Waals surface area contributed by atoms with E-state index >= 15 is 0 Å². The topological polar surface area (TPSA) is 63.6 Å². The smallest absolute Gasteiger partial charge is 0.339 e. The van der Waals surface area contributed by atoms with Gasteiger partial charge in [-0.15, -0.1) is 0 Å². The molecule has 86 valence electrons. The van der Waals surface area contributed by atoms with E-state index in [1.54, 1.807) is 0 Å². The summed E-state index contributed by atoms with van der Waals surface area (Å²) in [6.07, 6.45) is 0.747. The Morgan fingerprint density at radius 3 is 2.62 bits per heavy atom. The van der Waals surface area contributed by atoms with Gasteiger partial charge in [0.2, 0.25) is 0 Å². The number of benzene rings is 1. The highest BCUT2D eigenvalue weighted by atomic mass is 79.9. The molecule has 0 saturated heterocycles. The van der Waals surface area contributed by atoms with Gasteiger partial charge in [0.15, 0.2) is 0 Å². The molecule has 0 aliphatic carbocycles. The lowest BCUT2D eigenvalue weighted by molar-refractivity contribution is 0.0503. The van der Waals surface area contributed by atoms with Gasteiger partial charge < -0.3 is 9.84 Å². The van der Waals surface area contributed by atoms with E-state index in [4.69, 9.17) is 9.84 Å². The minimum atomic E-state index is -1.03. The number of carboxylic acid groups (broad SMARTS) is 1. The fourth-order valence-corrected chi connectivity index (χ4v) is 1.63. The molecular weight excluding hydrogens is 276 g/mol. The molecule has 0 aliphatic rings. The molecule has 0 aromatic heterocycles. The van der Waals surface area contributed by atoms with Crippen molar-refractivity contribution < 1.29 is 19.4 Å². The summed E-state index contributed by atoms with van der Waals surface area (Å²) >= 11 is 3.14. The van der Waals surface area contributed by atoms with Gasteiger partial charge in [0, 0.05) is 4.47 Å². The van der Waals surface area contributed by atoms with Crippen molar-refractivity contribution in [2.45, 2.75) is 13.3 Å². The lowest BCUT2D eigenvalue weighted by Gasteiger charge is -2.05. The van der Waals surface area contributed by atoms with Crippen molar-refractivity contribution in [1.82, 2.24) is 0 Å². The maximum absolute atomic E-state index is 11.5. The Hall–Kier alpha value is -1.36. The zero-order valence-electron chi connectivity index (χ0n) is 8.70. The summed E-state index contributed by atoms with van der Waals surface area (Å²) in [5.74, 6) is -1.49. The molecule has 0 heterocycles. The van der Waals surface area contributed by atoms with Crippen molar-refractivity contribution in [1.29, 1.82) is 0 Å². The number of hydrogen-bond donors (Lipinski definition) is 1. The van der Waals surface area contributed by atoms with E-state index in [0.29, 0.717) is 16.6 Å². The zero-order valence-corrected chi connectivity index (χ0v) is 10.3. The van der Waals surface area contributed by atoms with Gasteiger partial charge in [-0.05, 0) is 40.5 Å². The number of carbonyl (C=O) groups is 2. The van der Waals surface area contributed by atoms with Gasteiger partial charge in [-0.3, -0.25) is 0 Å². The third-order valence-electron chi connectivity index (χ3n) is 1.87. The zero-order chi connectivity index (χ0) is 12.1. The predicted molar refractivity (Wildman–Crippen MR) is 61.7 cm³/mol. The lowest BCUT2D eigenvalue weighted by Crippen LogP contribution is -2.07. The number of halogens is 1. The Morgan fingerprint density at radius 2 is 2.12 bits per heavy atom. The average Bonchev–Trinajstić information content (AvgIpc) is 2.25. The average molecular weight is 287 g/mol. The number of esters is 1. The quantitative estimate of drug-likeness (QED) is 0.865. The Kier molecular flexibility index (Phi) is 4.49. The molecule has 0 fully saturated rings. The molecule has 0 bridgehead atoms. The van der Waals surface area contributed by atoms with E-state index < -0.39 is 11.9 Å². The summed E-state index contributed by atoms with van der Waals surface area (Å²) in [6, 6.07) is 4.19. The molecule has 0 spiro atoms. The van der Waals surface area contributed by atoms with Crippen LogP contribution in [0.5, 0.6) is 0 Å². The van der Waals surface area contributed by atoms with Crippen molar-refractivity contribution in [3.05, 3.63) is 33.8 Å². The molecule has 0 radical (unpaired) electrons. The van der Waals surface area contributed by atoms with Gasteiger partial charge in [-0.25, -0.2) is 9.59 Å². The van der Waals surface area contributed by atoms with Crippen LogP contribution in [0.15, 0.2) is 22.7 Å². The number of aromatic carboxylic acids is 1. The van der Waals surface area contributed by atoms with Crippen LogP contribution in [-0.4, -0.2) is 23.7 Å².